The van der Waals surface area contributed by atoms with E-state index in [1.165, 1.54) is 28.7 Å². The summed E-state index contributed by atoms with van der Waals surface area (Å²) in [4.78, 5) is 18.3. The summed E-state index contributed by atoms with van der Waals surface area (Å²) in [6.07, 6.45) is 0.619. The summed E-state index contributed by atoms with van der Waals surface area (Å²) in [7, 11) is -2.96. The van der Waals surface area contributed by atoms with Gasteiger partial charge < -0.3 is 0 Å². The van der Waals surface area contributed by atoms with Crippen molar-refractivity contribution in [1.82, 2.24) is 4.98 Å². The van der Waals surface area contributed by atoms with Crippen LogP contribution in [0.5, 0.6) is 0 Å². The number of anilines is 1. The van der Waals surface area contributed by atoms with Gasteiger partial charge in [-0.2, -0.15) is 0 Å². The van der Waals surface area contributed by atoms with Crippen molar-refractivity contribution in [3.8, 4) is 11.3 Å². The monoisotopic (exact) mass is 472 g/mol. The van der Waals surface area contributed by atoms with Crippen molar-refractivity contribution in [2.75, 3.05) is 16.8 Å². The molecule has 2 heterocycles. The zero-order valence-electron chi connectivity index (χ0n) is 17.4. The number of thiazole rings is 1. The number of rotatable bonds is 6. The predicted molar refractivity (Wildman–Crippen MR) is 129 cm³/mol. The van der Waals surface area contributed by atoms with Crippen molar-refractivity contribution in [2.45, 2.75) is 36.3 Å². The van der Waals surface area contributed by atoms with Crippen molar-refractivity contribution in [3.63, 3.8) is 0 Å². The van der Waals surface area contributed by atoms with Gasteiger partial charge in [0.15, 0.2) is 15.0 Å². The van der Waals surface area contributed by atoms with Crippen LogP contribution in [-0.4, -0.2) is 36.1 Å². The first-order chi connectivity index (χ1) is 14.8. The Kier molecular flexibility index (Phi) is 6.50. The summed E-state index contributed by atoms with van der Waals surface area (Å²) < 4.78 is 23.5. The molecule has 1 fully saturated rings. The van der Waals surface area contributed by atoms with Gasteiger partial charge in [-0.15, -0.1) is 23.1 Å². The molecule has 0 radical (unpaired) electrons. The van der Waals surface area contributed by atoms with Crippen LogP contribution in [0.15, 0.2) is 58.8 Å². The maximum Gasteiger partial charge on any atom is 0.258 e. The molecule has 1 aliphatic heterocycles. The van der Waals surface area contributed by atoms with E-state index in [2.05, 4.69) is 48.4 Å². The molecule has 1 saturated heterocycles. The van der Waals surface area contributed by atoms with Gasteiger partial charge in [0.1, 0.15) is 0 Å². The number of carbonyl (C=O) groups excluding carboxylic acids is 1. The molecule has 1 atom stereocenters. The maximum atomic E-state index is 12.9. The number of hydrogen-bond donors (Lipinski definition) is 1. The number of carbonyl (C=O) groups is 1. The minimum absolute atomic E-state index is 0.0146. The van der Waals surface area contributed by atoms with Crippen LogP contribution in [0.4, 0.5) is 5.13 Å². The Hall–Kier alpha value is -2.16. The highest BCUT2D eigenvalue weighted by Gasteiger charge is 2.29. The molecule has 3 aromatic rings. The molecular formula is C23H24N2O3S3. The van der Waals surface area contributed by atoms with Crippen LogP contribution in [0.3, 0.4) is 0 Å². The van der Waals surface area contributed by atoms with Crippen LogP contribution in [0.25, 0.3) is 11.3 Å². The molecule has 1 aromatic heterocycles. The van der Waals surface area contributed by atoms with E-state index in [4.69, 9.17) is 0 Å². The summed E-state index contributed by atoms with van der Waals surface area (Å²) in [5.41, 5.74) is 3.65. The third kappa shape index (κ3) is 5.37. The first kappa shape index (κ1) is 22.0. The van der Waals surface area contributed by atoms with Gasteiger partial charge in [0.25, 0.3) is 5.91 Å². The standard InChI is InChI=1S/C23H24N2O3S3/c1-15(2)16-7-9-17(10-8-16)20-13-29-23(24-20)25-22(26)19-5-3-4-6-21(19)30-18-11-12-31(27,28)14-18/h3-10,13,15,18H,11-12,14H2,1-2H3,(H,24,25,26). The molecule has 1 N–H and O–H groups in total. The van der Waals surface area contributed by atoms with Gasteiger partial charge in [0.05, 0.1) is 22.8 Å². The fourth-order valence-corrected chi connectivity index (χ4v) is 7.80. The van der Waals surface area contributed by atoms with Crippen molar-refractivity contribution in [3.05, 3.63) is 65.0 Å². The van der Waals surface area contributed by atoms with Gasteiger partial charge in [0.2, 0.25) is 0 Å². The van der Waals surface area contributed by atoms with Gasteiger partial charge in [-0.3, -0.25) is 10.1 Å². The number of nitrogens with one attached hydrogen (secondary N) is 1. The average molecular weight is 473 g/mol. The van der Waals surface area contributed by atoms with E-state index in [1.54, 1.807) is 6.07 Å². The first-order valence-corrected chi connectivity index (χ1v) is 13.7. The molecule has 1 amide bonds. The average Bonchev–Trinajstić information content (AvgIpc) is 3.34. The zero-order chi connectivity index (χ0) is 22.0. The minimum atomic E-state index is -2.96. The van der Waals surface area contributed by atoms with E-state index in [0.717, 1.165) is 16.2 Å². The summed E-state index contributed by atoms with van der Waals surface area (Å²) in [5.74, 6) is 0.625. The van der Waals surface area contributed by atoms with Gasteiger partial charge >= 0.3 is 0 Å². The molecule has 31 heavy (non-hydrogen) atoms. The number of benzene rings is 2. The largest absolute Gasteiger partial charge is 0.298 e. The second-order valence-electron chi connectivity index (χ2n) is 7.91. The van der Waals surface area contributed by atoms with E-state index >= 15 is 0 Å². The molecular weight excluding hydrogens is 448 g/mol. The Morgan fingerprint density at radius 1 is 1.16 bits per heavy atom. The Morgan fingerprint density at radius 2 is 1.90 bits per heavy atom. The Morgan fingerprint density at radius 3 is 2.58 bits per heavy atom. The lowest BCUT2D eigenvalue weighted by Crippen LogP contribution is -2.14. The quantitative estimate of drug-likeness (QED) is 0.515. The summed E-state index contributed by atoms with van der Waals surface area (Å²) in [6, 6.07) is 15.6. The molecule has 0 bridgehead atoms. The van der Waals surface area contributed by atoms with Crippen molar-refractivity contribution in [2.24, 2.45) is 0 Å². The van der Waals surface area contributed by atoms with E-state index in [9.17, 15) is 13.2 Å². The molecule has 1 unspecified atom stereocenters. The third-order valence-corrected chi connectivity index (χ3v) is 9.30. The van der Waals surface area contributed by atoms with Gasteiger partial charge in [-0.1, -0.05) is 50.2 Å². The molecule has 2 aromatic carbocycles. The second kappa shape index (κ2) is 9.14. The molecule has 8 heteroatoms. The smallest absolute Gasteiger partial charge is 0.258 e. The van der Waals surface area contributed by atoms with Gasteiger partial charge in [-0.25, -0.2) is 13.4 Å². The summed E-state index contributed by atoms with van der Waals surface area (Å²) >= 11 is 2.85. The number of aromatic nitrogens is 1. The normalized spacial score (nSPS) is 17.7. The fourth-order valence-electron chi connectivity index (χ4n) is 3.46. The Labute approximate surface area is 191 Å². The number of amides is 1. The van der Waals surface area contributed by atoms with Crippen LogP contribution in [0, 0.1) is 0 Å². The van der Waals surface area contributed by atoms with Crippen LogP contribution in [0.2, 0.25) is 0 Å². The van der Waals surface area contributed by atoms with Crippen molar-refractivity contribution in [1.29, 1.82) is 0 Å². The topological polar surface area (TPSA) is 76.1 Å². The second-order valence-corrected chi connectivity index (χ2v) is 12.3. The number of nitrogens with zero attached hydrogens (tertiary/aromatic N) is 1. The highest BCUT2D eigenvalue weighted by atomic mass is 32.2. The van der Waals surface area contributed by atoms with E-state index in [1.807, 2.05) is 23.6 Å². The lowest BCUT2D eigenvalue weighted by Gasteiger charge is -2.12. The van der Waals surface area contributed by atoms with Gasteiger partial charge in [0, 0.05) is 21.1 Å². The lowest BCUT2D eigenvalue weighted by molar-refractivity contribution is 0.102. The van der Waals surface area contributed by atoms with Crippen LogP contribution in [-0.2, 0) is 9.84 Å². The van der Waals surface area contributed by atoms with Crippen molar-refractivity contribution < 1.29 is 13.2 Å². The Balaban J connectivity index is 1.47. The molecule has 0 aliphatic carbocycles. The molecule has 4 rings (SSSR count). The van der Waals surface area contributed by atoms with E-state index < -0.39 is 9.84 Å². The molecule has 1 aliphatic rings. The number of hydrogen-bond acceptors (Lipinski definition) is 6. The summed E-state index contributed by atoms with van der Waals surface area (Å²) in [5, 5.41) is 5.35. The molecule has 0 spiro atoms. The SMILES string of the molecule is CC(C)c1ccc(-c2csc(NC(=O)c3ccccc3SC3CCS(=O)(=O)C3)n2)cc1. The Bertz CT molecular complexity index is 1180. The number of thioether (sulfide) groups is 1. The first-order valence-electron chi connectivity index (χ1n) is 10.1. The number of sulfone groups is 1. The zero-order valence-corrected chi connectivity index (χ0v) is 19.8. The van der Waals surface area contributed by atoms with Crippen LogP contribution in [0.1, 0.15) is 42.1 Å². The highest BCUT2D eigenvalue weighted by Crippen LogP contribution is 2.34. The van der Waals surface area contributed by atoms with Crippen molar-refractivity contribution >= 4 is 44.0 Å². The molecule has 5 nitrogen and oxygen atoms in total. The fraction of sp³-hybridized carbons (Fsp3) is 0.304. The molecule has 0 saturated carbocycles. The minimum Gasteiger partial charge on any atom is -0.298 e. The maximum absolute atomic E-state index is 12.9. The van der Waals surface area contributed by atoms with E-state index in [-0.39, 0.29) is 22.7 Å². The van der Waals surface area contributed by atoms with Crippen LogP contribution >= 0.6 is 23.1 Å². The van der Waals surface area contributed by atoms with Gasteiger partial charge in [-0.05, 0) is 30.0 Å². The summed E-state index contributed by atoms with van der Waals surface area (Å²) in [6.45, 7) is 4.32. The highest BCUT2D eigenvalue weighted by molar-refractivity contribution is 8.02. The third-order valence-electron chi connectivity index (χ3n) is 5.21. The predicted octanol–water partition coefficient (Wildman–Crippen LogP) is 5.47. The van der Waals surface area contributed by atoms with Crippen LogP contribution < -0.4 is 5.32 Å². The molecule has 162 valence electrons. The lowest BCUT2D eigenvalue weighted by atomic mass is 10.0. The van der Waals surface area contributed by atoms with E-state index in [0.29, 0.717) is 23.0 Å².